The summed E-state index contributed by atoms with van der Waals surface area (Å²) in [6, 6.07) is 4.97. The molecule has 0 aliphatic carbocycles. The van der Waals surface area contributed by atoms with Gasteiger partial charge >= 0.3 is 0 Å². The van der Waals surface area contributed by atoms with Crippen LogP contribution in [0.1, 0.15) is 18.4 Å². The fraction of sp³-hybridized carbons (Fsp3) is 0.571. The van der Waals surface area contributed by atoms with Crippen LogP contribution in [-0.4, -0.2) is 39.0 Å². The second-order valence-corrected chi connectivity index (χ2v) is 7.57. The highest BCUT2D eigenvalue weighted by molar-refractivity contribution is 7.89. The fourth-order valence-corrected chi connectivity index (χ4v) is 4.86. The molecule has 0 saturated carbocycles. The first-order chi connectivity index (χ1) is 9.45. The molecule has 0 spiro atoms. The number of hydrogen-bond acceptors (Lipinski definition) is 4. The summed E-state index contributed by atoms with van der Waals surface area (Å²) >= 11 is 0. The van der Waals surface area contributed by atoms with Gasteiger partial charge in [0, 0.05) is 18.3 Å². The van der Waals surface area contributed by atoms with Crippen LogP contribution in [0.4, 0.5) is 5.69 Å². The van der Waals surface area contributed by atoms with Gasteiger partial charge in [-0.2, -0.15) is 0 Å². The summed E-state index contributed by atoms with van der Waals surface area (Å²) in [6.45, 7) is 4.81. The predicted octanol–water partition coefficient (Wildman–Crippen LogP) is 0.950. The summed E-state index contributed by atoms with van der Waals surface area (Å²) in [5, 5.41) is 0. The molecule has 3 N–H and O–H groups in total. The lowest BCUT2D eigenvalue weighted by Crippen LogP contribution is -2.57. The third kappa shape index (κ3) is 2.55. The molecule has 1 atom stereocenters. The van der Waals surface area contributed by atoms with Crippen LogP contribution in [0.15, 0.2) is 23.1 Å². The summed E-state index contributed by atoms with van der Waals surface area (Å²) in [5.41, 5.74) is 6.96. The Bertz CT molecular complexity index is 607. The zero-order valence-corrected chi connectivity index (χ0v) is 12.5. The van der Waals surface area contributed by atoms with Crippen LogP contribution >= 0.6 is 0 Å². The summed E-state index contributed by atoms with van der Waals surface area (Å²) < 4.78 is 28.0. The van der Waals surface area contributed by atoms with Crippen LogP contribution in [-0.2, 0) is 10.0 Å². The van der Waals surface area contributed by atoms with Gasteiger partial charge in [-0.3, -0.25) is 0 Å². The minimum absolute atomic E-state index is 0.0412. The average molecular weight is 295 g/mol. The number of nitrogens with two attached hydrogens (primary N) is 1. The molecule has 3 aliphatic heterocycles. The van der Waals surface area contributed by atoms with E-state index < -0.39 is 10.0 Å². The SMILES string of the molecule is Cc1cc(N)ccc1S(=O)(=O)NC1CN2CCC1CC2. The Morgan fingerprint density at radius 2 is 2.00 bits per heavy atom. The van der Waals surface area contributed by atoms with Crippen molar-refractivity contribution in [3.05, 3.63) is 23.8 Å². The molecular formula is C14H21N3O2S. The number of anilines is 1. The molecule has 5 nitrogen and oxygen atoms in total. The Labute approximate surface area is 120 Å². The zero-order valence-electron chi connectivity index (χ0n) is 11.7. The standard InChI is InChI=1S/C14H21N3O2S/c1-10-8-12(15)2-3-14(10)20(18,19)16-13-9-17-6-4-11(13)5-7-17/h2-3,8,11,13,16H,4-7,9,15H2,1H3. The molecule has 0 radical (unpaired) electrons. The number of nitrogen functional groups attached to an aromatic ring is 1. The molecule has 1 aromatic carbocycles. The molecule has 0 aromatic heterocycles. The van der Waals surface area contributed by atoms with Crippen molar-refractivity contribution >= 4 is 15.7 Å². The van der Waals surface area contributed by atoms with Crippen molar-refractivity contribution in [2.75, 3.05) is 25.4 Å². The van der Waals surface area contributed by atoms with E-state index in [4.69, 9.17) is 5.73 Å². The number of fused-ring (bicyclic) bond motifs is 3. The lowest BCUT2D eigenvalue weighted by molar-refractivity contribution is 0.0827. The van der Waals surface area contributed by atoms with Gasteiger partial charge in [-0.15, -0.1) is 0 Å². The van der Waals surface area contributed by atoms with Gasteiger partial charge in [-0.25, -0.2) is 13.1 Å². The maximum atomic E-state index is 12.5. The van der Waals surface area contributed by atoms with Gasteiger partial charge in [0.05, 0.1) is 4.90 Å². The smallest absolute Gasteiger partial charge is 0.241 e. The van der Waals surface area contributed by atoms with E-state index in [1.165, 1.54) is 0 Å². The fourth-order valence-electron chi connectivity index (χ4n) is 3.34. The number of piperidine rings is 3. The Hall–Kier alpha value is -1.11. The summed E-state index contributed by atoms with van der Waals surface area (Å²) in [6.07, 6.45) is 2.18. The molecule has 3 heterocycles. The number of nitrogens with one attached hydrogen (secondary N) is 1. The number of hydrogen-bond donors (Lipinski definition) is 2. The minimum atomic E-state index is -3.46. The van der Waals surface area contributed by atoms with Crippen molar-refractivity contribution in [2.24, 2.45) is 5.92 Å². The van der Waals surface area contributed by atoms with E-state index in [9.17, 15) is 8.42 Å². The molecule has 6 heteroatoms. The van der Waals surface area contributed by atoms with Crippen LogP contribution < -0.4 is 10.5 Å². The number of aryl methyl sites for hydroxylation is 1. The third-order valence-electron chi connectivity index (χ3n) is 4.45. The van der Waals surface area contributed by atoms with E-state index in [-0.39, 0.29) is 6.04 Å². The van der Waals surface area contributed by atoms with Gasteiger partial charge in [-0.05, 0) is 62.5 Å². The van der Waals surface area contributed by atoms with E-state index in [1.807, 2.05) is 0 Å². The third-order valence-corrected chi connectivity index (χ3v) is 6.10. The van der Waals surface area contributed by atoms with Gasteiger partial charge in [-0.1, -0.05) is 0 Å². The average Bonchev–Trinajstić information content (AvgIpc) is 2.39. The van der Waals surface area contributed by atoms with Crippen LogP contribution in [0.25, 0.3) is 0 Å². The monoisotopic (exact) mass is 295 g/mol. The molecule has 4 rings (SSSR count). The van der Waals surface area contributed by atoms with Gasteiger partial charge in [0.2, 0.25) is 10.0 Å². The van der Waals surface area contributed by atoms with Crippen LogP contribution in [0.2, 0.25) is 0 Å². The van der Waals surface area contributed by atoms with E-state index >= 15 is 0 Å². The number of rotatable bonds is 3. The second-order valence-electron chi connectivity index (χ2n) is 5.89. The highest BCUT2D eigenvalue weighted by Gasteiger charge is 2.36. The number of benzene rings is 1. The Morgan fingerprint density at radius 1 is 1.30 bits per heavy atom. The molecule has 1 aromatic rings. The highest BCUT2D eigenvalue weighted by atomic mass is 32.2. The normalized spacial score (nSPS) is 29.6. The minimum Gasteiger partial charge on any atom is -0.399 e. The maximum absolute atomic E-state index is 12.5. The first-order valence-electron chi connectivity index (χ1n) is 7.06. The van der Waals surface area contributed by atoms with Gasteiger partial charge < -0.3 is 10.6 Å². The molecule has 3 fully saturated rings. The number of sulfonamides is 1. The van der Waals surface area contributed by atoms with Crippen LogP contribution in [0, 0.1) is 12.8 Å². The maximum Gasteiger partial charge on any atom is 0.241 e. The van der Waals surface area contributed by atoms with Crippen molar-refractivity contribution in [3.63, 3.8) is 0 Å². The summed E-state index contributed by atoms with van der Waals surface area (Å²) in [7, 11) is -3.46. The largest absolute Gasteiger partial charge is 0.399 e. The number of nitrogens with zero attached hydrogens (tertiary/aromatic N) is 1. The van der Waals surface area contributed by atoms with Crippen molar-refractivity contribution < 1.29 is 8.42 Å². The lowest BCUT2D eigenvalue weighted by Gasteiger charge is -2.44. The van der Waals surface area contributed by atoms with Crippen molar-refractivity contribution in [1.29, 1.82) is 0 Å². The summed E-state index contributed by atoms with van der Waals surface area (Å²) in [4.78, 5) is 2.67. The van der Waals surface area contributed by atoms with Crippen molar-refractivity contribution in [3.8, 4) is 0 Å². The van der Waals surface area contributed by atoms with E-state index in [1.54, 1.807) is 25.1 Å². The highest BCUT2D eigenvalue weighted by Crippen LogP contribution is 2.29. The molecular weight excluding hydrogens is 274 g/mol. The predicted molar refractivity (Wildman–Crippen MR) is 78.9 cm³/mol. The Balaban J connectivity index is 1.82. The molecule has 3 saturated heterocycles. The van der Waals surface area contributed by atoms with E-state index in [2.05, 4.69) is 9.62 Å². The van der Waals surface area contributed by atoms with E-state index in [0.29, 0.717) is 22.1 Å². The molecule has 20 heavy (non-hydrogen) atoms. The molecule has 3 aliphatic rings. The molecule has 2 bridgehead atoms. The molecule has 110 valence electrons. The van der Waals surface area contributed by atoms with Crippen LogP contribution in [0.5, 0.6) is 0 Å². The van der Waals surface area contributed by atoms with E-state index in [0.717, 1.165) is 32.5 Å². The Morgan fingerprint density at radius 3 is 2.55 bits per heavy atom. The molecule has 1 unspecified atom stereocenters. The summed E-state index contributed by atoms with van der Waals surface area (Å²) in [5.74, 6) is 0.476. The second kappa shape index (κ2) is 5.02. The topological polar surface area (TPSA) is 75.4 Å². The van der Waals surface area contributed by atoms with Crippen LogP contribution in [0.3, 0.4) is 0 Å². The zero-order chi connectivity index (χ0) is 14.3. The van der Waals surface area contributed by atoms with Crippen molar-refractivity contribution in [1.82, 2.24) is 9.62 Å². The van der Waals surface area contributed by atoms with Gasteiger partial charge in [0.25, 0.3) is 0 Å². The lowest BCUT2D eigenvalue weighted by atomic mass is 9.85. The van der Waals surface area contributed by atoms with Crippen molar-refractivity contribution in [2.45, 2.75) is 30.7 Å². The first-order valence-corrected chi connectivity index (χ1v) is 8.55. The first kappa shape index (κ1) is 13.9. The van der Waals surface area contributed by atoms with Gasteiger partial charge in [0.15, 0.2) is 0 Å². The quantitative estimate of drug-likeness (QED) is 0.814. The molecule has 0 amide bonds. The van der Waals surface area contributed by atoms with Gasteiger partial charge in [0.1, 0.15) is 0 Å². The Kier molecular flexibility index (Phi) is 3.48.